The van der Waals surface area contributed by atoms with E-state index in [9.17, 15) is 4.79 Å². The second-order valence-electron chi connectivity index (χ2n) is 3.49. The van der Waals surface area contributed by atoms with Crippen molar-refractivity contribution < 1.29 is 4.79 Å². The highest BCUT2D eigenvalue weighted by atomic mass is 32.2. The maximum absolute atomic E-state index is 10.1. The summed E-state index contributed by atoms with van der Waals surface area (Å²) in [5, 5.41) is 0. The van der Waals surface area contributed by atoms with Gasteiger partial charge in [-0.1, -0.05) is 19.1 Å². The molecule has 0 aliphatic heterocycles. The molecule has 0 atom stereocenters. The lowest BCUT2D eigenvalue weighted by molar-refractivity contribution is -0.107. The van der Waals surface area contributed by atoms with E-state index in [1.165, 1.54) is 10.5 Å². The van der Waals surface area contributed by atoms with Gasteiger partial charge in [0.1, 0.15) is 6.29 Å². The smallest absolute Gasteiger partial charge is 0.119 e. The predicted molar refractivity (Wildman–Crippen MR) is 66.5 cm³/mol. The first-order chi connectivity index (χ1) is 7.36. The number of aryl methyl sites for hydroxylation is 1. The number of hydrogen-bond acceptors (Lipinski definition) is 2. The average molecular weight is 222 g/mol. The maximum atomic E-state index is 10.1. The Bertz CT molecular complexity index is 279. The molecule has 1 aromatic carbocycles. The fourth-order valence-corrected chi connectivity index (χ4v) is 2.14. The van der Waals surface area contributed by atoms with E-state index >= 15 is 0 Å². The van der Waals surface area contributed by atoms with Crippen molar-refractivity contribution in [3.05, 3.63) is 29.8 Å². The Morgan fingerprint density at radius 2 is 1.93 bits per heavy atom. The maximum Gasteiger partial charge on any atom is 0.119 e. The standard InChI is InChI=1S/C13H18OS/c1-2-15-13-9-7-12(8-10-13)6-4-3-5-11-14/h7-11H,2-6H2,1H3. The van der Waals surface area contributed by atoms with Crippen LogP contribution in [0.2, 0.25) is 0 Å². The fourth-order valence-electron chi connectivity index (χ4n) is 1.48. The molecule has 0 heterocycles. The van der Waals surface area contributed by atoms with E-state index < -0.39 is 0 Å². The van der Waals surface area contributed by atoms with Gasteiger partial charge in [0.2, 0.25) is 0 Å². The van der Waals surface area contributed by atoms with E-state index in [-0.39, 0.29) is 0 Å². The highest BCUT2D eigenvalue weighted by Gasteiger charge is 1.95. The number of rotatable bonds is 7. The van der Waals surface area contributed by atoms with Gasteiger partial charge in [-0.15, -0.1) is 11.8 Å². The first-order valence-electron chi connectivity index (χ1n) is 5.52. The minimum Gasteiger partial charge on any atom is -0.303 e. The molecule has 0 fully saturated rings. The second-order valence-corrected chi connectivity index (χ2v) is 4.83. The van der Waals surface area contributed by atoms with Gasteiger partial charge in [-0.25, -0.2) is 0 Å². The van der Waals surface area contributed by atoms with Gasteiger partial charge in [-0.05, 0) is 42.7 Å². The number of unbranched alkanes of at least 4 members (excludes halogenated alkanes) is 2. The van der Waals surface area contributed by atoms with Gasteiger partial charge in [0.05, 0.1) is 0 Å². The van der Waals surface area contributed by atoms with Gasteiger partial charge >= 0.3 is 0 Å². The van der Waals surface area contributed by atoms with Crippen LogP contribution in [0.3, 0.4) is 0 Å². The van der Waals surface area contributed by atoms with Crippen LogP contribution in [-0.4, -0.2) is 12.0 Å². The van der Waals surface area contributed by atoms with Crippen LogP contribution in [0.15, 0.2) is 29.2 Å². The van der Waals surface area contributed by atoms with E-state index in [1.54, 1.807) is 0 Å². The molecule has 15 heavy (non-hydrogen) atoms. The third-order valence-corrected chi connectivity index (χ3v) is 3.17. The van der Waals surface area contributed by atoms with Gasteiger partial charge < -0.3 is 4.79 Å². The Hall–Kier alpha value is -0.760. The zero-order valence-electron chi connectivity index (χ0n) is 9.24. The van der Waals surface area contributed by atoms with Crippen LogP contribution in [-0.2, 0) is 11.2 Å². The van der Waals surface area contributed by atoms with Crippen LogP contribution in [0.5, 0.6) is 0 Å². The summed E-state index contributed by atoms with van der Waals surface area (Å²) in [6, 6.07) is 8.75. The van der Waals surface area contributed by atoms with Gasteiger partial charge in [-0.2, -0.15) is 0 Å². The normalized spacial score (nSPS) is 10.2. The molecule has 0 N–H and O–H groups in total. The largest absolute Gasteiger partial charge is 0.303 e. The summed E-state index contributed by atoms with van der Waals surface area (Å²) in [5.74, 6) is 1.12. The summed E-state index contributed by atoms with van der Waals surface area (Å²) in [5.41, 5.74) is 1.38. The molecule has 0 aliphatic rings. The molecular formula is C13H18OS. The van der Waals surface area contributed by atoms with Crippen LogP contribution in [0.1, 0.15) is 31.7 Å². The molecule has 0 saturated heterocycles. The highest BCUT2D eigenvalue weighted by molar-refractivity contribution is 7.99. The van der Waals surface area contributed by atoms with Crippen LogP contribution in [0, 0.1) is 0 Å². The molecule has 1 aromatic rings. The van der Waals surface area contributed by atoms with Crippen molar-refractivity contribution in [2.45, 2.75) is 37.5 Å². The summed E-state index contributed by atoms with van der Waals surface area (Å²) in [6.45, 7) is 2.16. The van der Waals surface area contributed by atoms with Crippen molar-refractivity contribution in [2.24, 2.45) is 0 Å². The van der Waals surface area contributed by atoms with Crippen molar-refractivity contribution in [3.63, 3.8) is 0 Å². The van der Waals surface area contributed by atoms with Crippen LogP contribution in [0.4, 0.5) is 0 Å². The molecule has 0 spiro atoms. The lowest BCUT2D eigenvalue weighted by atomic mass is 10.1. The van der Waals surface area contributed by atoms with Crippen LogP contribution in [0.25, 0.3) is 0 Å². The number of hydrogen-bond donors (Lipinski definition) is 0. The van der Waals surface area contributed by atoms with Gasteiger partial charge in [0.15, 0.2) is 0 Å². The average Bonchev–Trinajstić information content (AvgIpc) is 2.27. The lowest BCUT2D eigenvalue weighted by Gasteiger charge is -2.02. The molecule has 0 radical (unpaired) electrons. The molecule has 1 nitrogen and oxygen atoms in total. The van der Waals surface area contributed by atoms with Crippen molar-refractivity contribution >= 4 is 18.0 Å². The van der Waals surface area contributed by atoms with Crippen molar-refractivity contribution in [2.75, 3.05) is 5.75 Å². The molecule has 0 aliphatic carbocycles. The number of carbonyl (C=O) groups excluding carboxylic acids is 1. The van der Waals surface area contributed by atoms with Crippen molar-refractivity contribution in [1.29, 1.82) is 0 Å². The second kappa shape index (κ2) is 7.52. The Morgan fingerprint density at radius 3 is 2.53 bits per heavy atom. The fraction of sp³-hybridized carbons (Fsp3) is 0.462. The third kappa shape index (κ3) is 5.03. The van der Waals surface area contributed by atoms with Crippen molar-refractivity contribution in [1.82, 2.24) is 0 Å². The van der Waals surface area contributed by atoms with E-state index in [2.05, 4.69) is 31.2 Å². The monoisotopic (exact) mass is 222 g/mol. The number of thioether (sulfide) groups is 1. The number of carbonyl (C=O) groups is 1. The molecular weight excluding hydrogens is 204 g/mol. The van der Waals surface area contributed by atoms with Gasteiger partial charge in [0.25, 0.3) is 0 Å². The quantitative estimate of drug-likeness (QED) is 0.397. The molecule has 1 rings (SSSR count). The number of benzene rings is 1. The SMILES string of the molecule is CCSc1ccc(CCCCC=O)cc1. The van der Waals surface area contributed by atoms with Crippen molar-refractivity contribution in [3.8, 4) is 0 Å². The zero-order chi connectivity index (χ0) is 10.9. The molecule has 0 unspecified atom stereocenters. The molecule has 0 amide bonds. The Balaban J connectivity index is 2.32. The van der Waals surface area contributed by atoms with Gasteiger partial charge in [0, 0.05) is 11.3 Å². The molecule has 82 valence electrons. The predicted octanol–water partition coefficient (Wildman–Crippen LogP) is 3.71. The van der Waals surface area contributed by atoms with E-state index in [4.69, 9.17) is 0 Å². The minimum atomic E-state index is 0.698. The molecule has 0 bridgehead atoms. The molecule has 2 heteroatoms. The van der Waals surface area contributed by atoms with Crippen LogP contribution < -0.4 is 0 Å². The van der Waals surface area contributed by atoms with Gasteiger partial charge in [-0.3, -0.25) is 0 Å². The Morgan fingerprint density at radius 1 is 1.20 bits per heavy atom. The summed E-state index contributed by atoms with van der Waals surface area (Å²) in [6.07, 6.45) is 4.91. The first kappa shape index (κ1) is 12.3. The van der Waals surface area contributed by atoms with Crippen LogP contribution >= 0.6 is 11.8 Å². The Labute approximate surface area is 96.3 Å². The summed E-state index contributed by atoms with van der Waals surface area (Å²) < 4.78 is 0. The topological polar surface area (TPSA) is 17.1 Å². The minimum absolute atomic E-state index is 0.698. The first-order valence-corrected chi connectivity index (χ1v) is 6.50. The van der Waals surface area contributed by atoms with E-state index in [0.29, 0.717) is 6.42 Å². The van der Waals surface area contributed by atoms with E-state index in [1.807, 2.05) is 11.8 Å². The van der Waals surface area contributed by atoms with E-state index in [0.717, 1.165) is 31.3 Å². The highest BCUT2D eigenvalue weighted by Crippen LogP contribution is 2.18. The zero-order valence-corrected chi connectivity index (χ0v) is 10.1. The lowest BCUT2D eigenvalue weighted by Crippen LogP contribution is -1.86. The number of aldehydes is 1. The molecule has 0 aromatic heterocycles. The molecule has 0 saturated carbocycles. The Kier molecular flexibility index (Phi) is 6.17. The summed E-state index contributed by atoms with van der Waals surface area (Å²) >= 11 is 1.87. The summed E-state index contributed by atoms with van der Waals surface area (Å²) in [7, 11) is 0. The summed E-state index contributed by atoms with van der Waals surface area (Å²) in [4.78, 5) is 11.5. The third-order valence-electron chi connectivity index (χ3n) is 2.27.